The molecule has 1 aromatic heterocycles. The number of nitrogen functional groups attached to an aromatic ring is 1. The topological polar surface area (TPSA) is 95.1 Å². The summed E-state index contributed by atoms with van der Waals surface area (Å²) in [6.45, 7) is 1.83. The van der Waals surface area contributed by atoms with Gasteiger partial charge in [-0.15, -0.1) is 10.2 Å². The number of hydrogen-bond acceptors (Lipinski definition) is 6. The van der Waals surface area contributed by atoms with E-state index in [0.29, 0.717) is 22.3 Å². The van der Waals surface area contributed by atoms with Crippen LogP contribution in [-0.2, 0) is 4.79 Å². The number of amides is 1. The molecule has 146 valence electrons. The van der Waals surface area contributed by atoms with Gasteiger partial charge in [0.05, 0.1) is 24.5 Å². The maximum atomic E-state index is 13.0. The average molecular weight is 401 g/mol. The van der Waals surface area contributed by atoms with Crippen LogP contribution in [0.25, 0.3) is 11.4 Å². The summed E-state index contributed by atoms with van der Waals surface area (Å²) >= 11 is 1.18. The van der Waals surface area contributed by atoms with Crippen molar-refractivity contribution < 1.29 is 13.9 Å². The van der Waals surface area contributed by atoms with Crippen LogP contribution in [0.3, 0.4) is 0 Å². The van der Waals surface area contributed by atoms with E-state index in [1.165, 1.54) is 28.6 Å². The van der Waals surface area contributed by atoms with Gasteiger partial charge >= 0.3 is 0 Å². The fourth-order valence-electron chi connectivity index (χ4n) is 2.64. The molecular weight excluding hydrogens is 381 g/mol. The summed E-state index contributed by atoms with van der Waals surface area (Å²) in [5.41, 5.74) is 1.53. The van der Waals surface area contributed by atoms with Gasteiger partial charge in [0.25, 0.3) is 0 Å². The van der Waals surface area contributed by atoms with Gasteiger partial charge in [-0.2, -0.15) is 0 Å². The third kappa shape index (κ3) is 4.42. The van der Waals surface area contributed by atoms with Crippen molar-refractivity contribution in [1.29, 1.82) is 0 Å². The molecule has 0 aliphatic heterocycles. The van der Waals surface area contributed by atoms with Crippen molar-refractivity contribution in [3.63, 3.8) is 0 Å². The lowest BCUT2D eigenvalue weighted by Gasteiger charge is -2.14. The number of thioether (sulfide) groups is 1. The molecule has 0 saturated heterocycles. The first-order chi connectivity index (χ1) is 13.5. The quantitative estimate of drug-likeness (QED) is 0.467. The fraction of sp³-hybridized carbons (Fsp3) is 0.211. The molecule has 9 heteroatoms. The van der Waals surface area contributed by atoms with E-state index >= 15 is 0 Å². The fourth-order valence-corrected chi connectivity index (χ4v) is 3.30. The highest BCUT2D eigenvalue weighted by atomic mass is 32.2. The average Bonchev–Trinajstić information content (AvgIpc) is 3.07. The zero-order valence-corrected chi connectivity index (χ0v) is 16.2. The first kappa shape index (κ1) is 19.7. The highest BCUT2D eigenvalue weighted by molar-refractivity contribution is 7.99. The number of halogens is 1. The molecule has 0 aliphatic rings. The third-order valence-electron chi connectivity index (χ3n) is 4.09. The highest BCUT2D eigenvalue weighted by Crippen LogP contribution is 2.29. The van der Waals surface area contributed by atoms with Crippen molar-refractivity contribution in [2.45, 2.75) is 18.1 Å². The zero-order chi connectivity index (χ0) is 20.1. The number of carbonyl (C=O) groups is 1. The van der Waals surface area contributed by atoms with E-state index < -0.39 is 0 Å². The number of methoxy groups -OCH3 is 1. The number of rotatable bonds is 7. The van der Waals surface area contributed by atoms with Crippen LogP contribution in [0.2, 0.25) is 0 Å². The molecule has 0 spiro atoms. The van der Waals surface area contributed by atoms with Gasteiger partial charge in [-0.25, -0.2) is 9.07 Å². The number of nitrogens with one attached hydrogen (secondary N) is 1. The van der Waals surface area contributed by atoms with Crippen LogP contribution in [0.15, 0.2) is 53.7 Å². The van der Waals surface area contributed by atoms with Gasteiger partial charge in [-0.1, -0.05) is 36.0 Å². The molecule has 3 rings (SSSR count). The Morgan fingerprint density at radius 2 is 1.96 bits per heavy atom. The van der Waals surface area contributed by atoms with Gasteiger partial charge in [0.15, 0.2) is 5.82 Å². The molecule has 0 bridgehead atoms. The van der Waals surface area contributed by atoms with Gasteiger partial charge in [0.1, 0.15) is 11.6 Å². The lowest BCUT2D eigenvalue weighted by molar-refractivity contribution is -0.119. The normalized spacial score (nSPS) is 11.8. The van der Waals surface area contributed by atoms with Crippen molar-refractivity contribution in [2.24, 2.45) is 0 Å². The standard InChI is InChI=1S/C19H20FN5O2S/c1-12(13-7-9-14(20)10-8-13)22-17(26)11-28-19-24-23-18(25(19)21)15-5-3-4-6-16(15)27-2/h3-10,12H,11,21H2,1-2H3,(H,22,26)/t12-/m0/s1. The van der Waals surface area contributed by atoms with Crippen LogP contribution in [0.5, 0.6) is 5.75 Å². The van der Waals surface area contributed by atoms with E-state index in [2.05, 4.69) is 15.5 Å². The number of para-hydroxylation sites is 1. The lowest BCUT2D eigenvalue weighted by Crippen LogP contribution is -2.28. The molecule has 1 atom stereocenters. The summed E-state index contributed by atoms with van der Waals surface area (Å²) in [7, 11) is 1.57. The molecule has 7 nitrogen and oxygen atoms in total. The Labute approximate surface area is 166 Å². The predicted molar refractivity (Wildman–Crippen MR) is 106 cm³/mol. The Kier molecular flexibility index (Phi) is 6.15. The highest BCUT2D eigenvalue weighted by Gasteiger charge is 2.17. The van der Waals surface area contributed by atoms with E-state index in [-0.39, 0.29) is 23.5 Å². The number of nitrogens with zero attached hydrogens (tertiary/aromatic N) is 3. The van der Waals surface area contributed by atoms with Crippen molar-refractivity contribution in [2.75, 3.05) is 18.7 Å². The molecule has 0 aliphatic carbocycles. The second-order valence-corrected chi connectivity index (χ2v) is 6.95. The van der Waals surface area contributed by atoms with Crippen LogP contribution < -0.4 is 15.9 Å². The monoisotopic (exact) mass is 401 g/mol. The molecule has 0 radical (unpaired) electrons. The molecular formula is C19H20FN5O2S. The van der Waals surface area contributed by atoms with Crippen LogP contribution in [-0.4, -0.2) is 33.6 Å². The van der Waals surface area contributed by atoms with Gasteiger partial charge in [-0.3, -0.25) is 4.79 Å². The summed E-state index contributed by atoms with van der Waals surface area (Å²) in [6, 6.07) is 13.1. The first-order valence-corrected chi connectivity index (χ1v) is 9.49. The SMILES string of the molecule is COc1ccccc1-c1nnc(SCC(=O)N[C@@H](C)c2ccc(F)cc2)n1N. The number of hydrogen-bond donors (Lipinski definition) is 2. The number of ether oxygens (including phenoxy) is 1. The Morgan fingerprint density at radius 3 is 2.68 bits per heavy atom. The number of nitrogens with two attached hydrogens (primary N) is 1. The summed E-state index contributed by atoms with van der Waals surface area (Å²) in [5, 5.41) is 11.4. The zero-order valence-electron chi connectivity index (χ0n) is 15.4. The largest absolute Gasteiger partial charge is 0.496 e. The first-order valence-electron chi connectivity index (χ1n) is 8.51. The number of benzene rings is 2. The van der Waals surface area contributed by atoms with E-state index in [1.807, 2.05) is 25.1 Å². The molecule has 2 aromatic carbocycles. The number of aromatic nitrogens is 3. The Hall–Kier alpha value is -3.07. The van der Waals surface area contributed by atoms with Crippen molar-refractivity contribution in [3.05, 3.63) is 59.9 Å². The summed E-state index contributed by atoms with van der Waals surface area (Å²) in [4.78, 5) is 12.2. The van der Waals surface area contributed by atoms with Gasteiger partial charge in [0, 0.05) is 0 Å². The molecule has 0 saturated carbocycles. The van der Waals surface area contributed by atoms with Crippen LogP contribution in [0.4, 0.5) is 4.39 Å². The molecule has 3 N–H and O–H groups in total. The van der Waals surface area contributed by atoms with Crippen LogP contribution >= 0.6 is 11.8 Å². The van der Waals surface area contributed by atoms with Gasteiger partial charge in [-0.05, 0) is 36.8 Å². The molecule has 0 fully saturated rings. The van der Waals surface area contributed by atoms with Crippen molar-refractivity contribution in [3.8, 4) is 17.1 Å². The maximum absolute atomic E-state index is 13.0. The van der Waals surface area contributed by atoms with E-state index in [1.54, 1.807) is 25.3 Å². The molecule has 1 heterocycles. The van der Waals surface area contributed by atoms with E-state index in [4.69, 9.17) is 10.6 Å². The molecule has 3 aromatic rings. The summed E-state index contributed by atoms with van der Waals surface area (Å²) in [6.07, 6.45) is 0. The van der Waals surface area contributed by atoms with Crippen molar-refractivity contribution in [1.82, 2.24) is 20.2 Å². The molecule has 1 amide bonds. The second-order valence-electron chi connectivity index (χ2n) is 6.01. The summed E-state index contributed by atoms with van der Waals surface area (Å²) < 4.78 is 19.7. The summed E-state index contributed by atoms with van der Waals surface area (Å²) in [5.74, 6) is 6.79. The minimum atomic E-state index is -0.314. The van der Waals surface area contributed by atoms with Gasteiger partial charge in [0.2, 0.25) is 11.1 Å². The maximum Gasteiger partial charge on any atom is 0.230 e. The predicted octanol–water partition coefficient (Wildman–Crippen LogP) is 2.78. The second kappa shape index (κ2) is 8.75. The van der Waals surface area contributed by atoms with Crippen molar-refractivity contribution >= 4 is 17.7 Å². The smallest absolute Gasteiger partial charge is 0.230 e. The van der Waals surface area contributed by atoms with E-state index in [0.717, 1.165) is 5.56 Å². The number of carbonyl (C=O) groups excluding carboxylic acids is 1. The minimum Gasteiger partial charge on any atom is -0.496 e. The molecule has 0 unspecified atom stereocenters. The Balaban J connectivity index is 1.63. The minimum absolute atomic E-state index is 0.118. The Morgan fingerprint density at radius 1 is 1.25 bits per heavy atom. The van der Waals surface area contributed by atoms with Gasteiger partial charge < -0.3 is 15.9 Å². The van der Waals surface area contributed by atoms with Crippen LogP contribution in [0, 0.1) is 5.82 Å². The van der Waals surface area contributed by atoms with E-state index in [9.17, 15) is 9.18 Å². The Bertz CT molecular complexity index is 961. The van der Waals surface area contributed by atoms with Crippen LogP contribution in [0.1, 0.15) is 18.5 Å². The molecule has 28 heavy (non-hydrogen) atoms. The third-order valence-corrected chi connectivity index (χ3v) is 5.04. The lowest BCUT2D eigenvalue weighted by atomic mass is 10.1.